The molecule has 0 spiro atoms. The molecule has 4 heteroatoms. The van der Waals surface area contributed by atoms with E-state index in [0.717, 1.165) is 12.1 Å². The molecule has 3 rings (SSSR count). The van der Waals surface area contributed by atoms with Crippen LogP contribution in [0.3, 0.4) is 0 Å². The first kappa shape index (κ1) is 15.8. The number of benzene rings is 2. The molecule has 2 atom stereocenters. The van der Waals surface area contributed by atoms with Gasteiger partial charge in [-0.3, -0.25) is 0 Å². The van der Waals surface area contributed by atoms with E-state index in [1.807, 2.05) is 6.07 Å². The summed E-state index contributed by atoms with van der Waals surface area (Å²) in [5, 5.41) is 12.1. The van der Waals surface area contributed by atoms with Crippen LogP contribution in [0, 0.1) is 0 Å². The van der Waals surface area contributed by atoms with Gasteiger partial charge in [-0.1, -0.05) is 24.3 Å². The zero-order valence-electron chi connectivity index (χ0n) is 12.3. The Hall–Kier alpha value is -1.55. The predicted octanol–water partition coefficient (Wildman–Crippen LogP) is 3.62. The number of fused-ring (bicyclic) bond motifs is 3. The molecule has 0 bridgehead atoms. The average Bonchev–Trinajstić information content (AvgIpc) is 2.79. The number of aliphatic hydroxyl groups excluding tert-OH is 1. The lowest BCUT2D eigenvalue weighted by Gasteiger charge is -2.15. The minimum atomic E-state index is -0.549. The lowest BCUT2D eigenvalue weighted by atomic mass is 10.0. The first-order valence-corrected chi connectivity index (χ1v) is 7.08. The lowest BCUT2D eigenvalue weighted by molar-refractivity contribution is 0.164. The molecule has 0 saturated heterocycles. The van der Waals surface area contributed by atoms with E-state index in [2.05, 4.69) is 47.9 Å². The number of nitrogens with two attached hydrogens (primary N) is 1. The molecule has 21 heavy (non-hydrogen) atoms. The highest BCUT2D eigenvalue weighted by Crippen LogP contribution is 2.31. The fourth-order valence-corrected chi connectivity index (χ4v) is 2.90. The van der Waals surface area contributed by atoms with Gasteiger partial charge >= 0.3 is 0 Å². The van der Waals surface area contributed by atoms with Gasteiger partial charge in [-0.15, -0.1) is 12.4 Å². The van der Waals surface area contributed by atoms with Gasteiger partial charge in [-0.2, -0.15) is 0 Å². The van der Waals surface area contributed by atoms with Crippen LogP contribution < -0.4 is 5.73 Å². The number of nitrogens with zero attached hydrogens (tertiary/aromatic N) is 1. The van der Waals surface area contributed by atoms with Gasteiger partial charge in [0.15, 0.2) is 0 Å². The number of para-hydroxylation sites is 1. The molecule has 0 aliphatic heterocycles. The van der Waals surface area contributed by atoms with Gasteiger partial charge in [-0.05, 0) is 37.6 Å². The second kappa shape index (κ2) is 6.06. The molecule has 0 amide bonds. The Labute approximate surface area is 130 Å². The lowest BCUT2D eigenvalue weighted by Crippen LogP contribution is -2.22. The van der Waals surface area contributed by atoms with Crippen LogP contribution in [-0.4, -0.2) is 15.8 Å². The largest absolute Gasteiger partial charge is 0.391 e. The van der Waals surface area contributed by atoms with Crippen LogP contribution in [-0.2, 0) is 6.54 Å². The summed E-state index contributed by atoms with van der Waals surface area (Å²) >= 11 is 0. The van der Waals surface area contributed by atoms with Gasteiger partial charge in [0, 0.05) is 28.4 Å². The first-order chi connectivity index (χ1) is 9.63. The minimum Gasteiger partial charge on any atom is -0.391 e. The van der Waals surface area contributed by atoms with E-state index in [1.165, 1.54) is 21.8 Å². The Balaban J connectivity index is 0.00000161. The number of aliphatic hydroxyl groups is 1. The topological polar surface area (TPSA) is 51.2 Å². The van der Waals surface area contributed by atoms with Crippen molar-refractivity contribution in [2.45, 2.75) is 32.5 Å². The number of hydrogen-bond donors (Lipinski definition) is 2. The van der Waals surface area contributed by atoms with E-state index in [-0.39, 0.29) is 18.4 Å². The molecule has 3 nitrogen and oxygen atoms in total. The van der Waals surface area contributed by atoms with Crippen LogP contribution >= 0.6 is 12.4 Å². The molecule has 112 valence electrons. The molecule has 0 fully saturated rings. The Morgan fingerprint density at radius 3 is 2.43 bits per heavy atom. The van der Waals surface area contributed by atoms with Crippen LogP contribution in [0.25, 0.3) is 21.8 Å². The summed E-state index contributed by atoms with van der Waals surface area (Å²) in [6.07, 6.45) is -0.549. The summed E-state index contributed by atoms with van der Waals surface area (Å²) in [7, 11) is 0. The van der Waals surface area contributed by atoms with Gasteiger partial charge in [-0.25, -0.2) is 0 Å². The molecule has 0 aliphatic rings. The highest BCUT2D eigenvalue weighted by molar-refractivity contribution is 6.08. The Morgan fingerprint density at radius 2 is 1.76 bits per heavy atom. The van der Waals surface area contributed by atoms with Crippen LogP contribution in [0.15, 0.2) is 42.5 Å². The van der Waals surface area contributed by atoms with Crippen molar-refractivity contribution in [2.75, 3.05) is 0 Å². The second-order valence-electron chi connectivity index (χ2n) is 5.30. The highest BCUT2D eigenvalue weighted by Gasteiger charge is 2.15. The molecule has 3 aromatic rings. The third kappa shape index (κ3) is 2.53. The number of aromatic nitrogens is 1. The number of aryl methyl sites for hydroxylation is 1. The molecule has 1 heterocycles. The monoisotopic (exact) mass is 304 g/mol. The third-order valence-electron chi connectivity index (χ3n) is 4.02. The second-order valence-corrected chi connectivity index (χ2v) is 5.30. The van der Waals surface area contributed by atoms with E-state index in [4.69, 9.17) is 5.73 Å². The van der Waals surface area contributed by atoms with Gasteiger partial charge in [0.25, 0.3) is 0 Å². The SMILES string of the molecule is CCn1c2ccccc2c2cc([C@H](N)[C@@H](C)O)ccc21.Cl. The Kier molecular flexibility index (Phi) is 4.57. The maximum Gasteiger partial charge on any atom is 0.0704 e. The summed E-state index contributed by atoms with van der Waals surface area (Å²) in [5.41, 5.74) is 9.49. The molecule has 1 aromatic heterocycles. The molecular weight excluding hydrogens is 284 g/mol. The molecular formula is C17H21ClN2O. The van der Waals surface area contributed by atoms with Crippen molar-refractivity contribution >= 4 is 34.2 Å². The van der Waals surface area contributed by atoms with Gasteiger partial charge in [0.2, 0.25) is 0 Å². The van der Waals surface area contributed by atoms with Gasteiger partial charge < -0.3 is 15.4 Å². The summed E-state index contributed by atoms with van der Waals surface area (Å²) in [5.74, 6) is 0. The fourth-order valence-electron chi connectivity index (χ4n) is 2.90. The third-order valence-corrected chi connectivity index (χ3v) is 4.02. The van der Waals surface area contributed by atoms with Crippen molar-refractivity contribution in [2.24, 2.45) is 5.73 Å². The van der Waals surface area contributed by atoms with E-state index in [9.17, 15) is 5.11 Å². The van der Waals surface area contributed by atoms with E-state index < -0.39 is 6.10 Å². The van der Waals surface area contributed by atoms with Crippen molar-refractivity contribution in [3.8, 4) is 0 Å². The van der Waals surface area contributed by atoms with Crippen molar-refractivity contribution < 1.29 is 5.11 Å². The fraction of sp³-hybridized carbons (Fsp3) is 0.294. The van der Waals surface area contributed by atoms with Gasteiger partial charge in [0.05, 0.1) is 12.1 Å². The maximum absolute atomic E-state index is 9.68. The molecule has 0 radical (unpaired) electrons. The van der Waals surface area contributed by atoms with Crippen LogP contribution in [0.5, 0.6) is 0 Å². The normalized spacial score (nSPS) is 14.1. The minimum absolute atomic E-state index is 0. The van der Waals surface area contributed by atoms with E-state index >= 15 is 0 Å². The van der Waals surface area contributed by atoms with E-state index in [1.54, 1.807) is 6.92 Å². The molecule has 0 aliphatic carbocycles. The smallest absolute Gasteiger partial charge is 0.0704 e. The summed E-state index contributed by atoms with van der Waals surface area (Å²) in [6, 6.07) is 14.3. The Morgan fingerprint density at radius 1 is 1.10 bits per heavy atom. The van der Waals surface area contributed by atoms with Crippen molar-refractivity contribution in [3.63, 3.8) is 0 Å². The van der Waals surface area contributed by atoms with Crippen LogP contribution in [0.4, 0.5) is 0 Å². The van der Waals surface area contributed by atoms with Crippen molar-refractivity contribution in [3.05, 3.63) is 48.0 Å². The molecule has 0 unspecified atom stereocenters. The van der Waals surface area contributed by atoms with E-state index in [0.29, 0.717) is 0 Å². The van der Waals surface area contributed by atoms with Crippen molar-refractivity contribution in [1.29, 1.82) is 0 Å². The maximum atomic E-state index is 9.68. The standard InChI is InChI=1S/C17H20N2O.ClH/c1-3-19-15-7-5-4-6-13(15)14-10-12(8-9-16(14)19)17(18)11(2)20;/h4-11,17,20H,3,18H2,1-2H3;1H/t11-,17-;/m1./s1. The number of halogens is 1. The first-order valence-electron chi connectivity index (χ1n) is 7.08. The Bertz CT molecular complexity index is 764. The van der Waals surface area contributed by atoms with Crippen LogP contribution in [0.2, 0.25) is 0 Å². The summed E-state index contributed by atoms with van der Waals surface area (Å²) in [6.45, 7) is 4.82. The molecule has 0 saturated carbocycles. The van der Waals surface area contributed by atoms with Gasteiger partial charge in [0.1, 0.15) is 0 Å². The van der Waals surface area contributed by atoms with Crippen LogP contribution in [0.1, 0.15) is 25.5 Å². The quantitative estimate of drug-likeness (QED) is 0.776. The molecule has 2 aromatic carbocycles. The summed E-state index contributed by atoms with van der Waals surface area (Å²) in [4.78, 5) is 0. The number of rotatable bonds is 3. The van der Waals surface area contributed by atoms with Crippen molar-refractivity contribution in [1.82, 2.24) is 4.57 Å². The zero-order valence-corrected chi connectivity index (χ0v) is 13.1. The average molecular weight is 305 g/mol. The molecule has 3 N–H and O–H groups in total. The zero-order chi connectivity index (χ0) is 14.3. The summed E-state index contributed by atoms with van der Waals surface area (Å²) < 4.78 is 2.31. The number of hydrogen-bond acceptors (Lipinski definition) is 2. The highest BCUT2D eigenvalue weighted by atomic mass is 35.5. The predicted molar refractivity (Wildman–Crippen MR) is 91.0 cm³/mol.